The Kier molecular flexibility index (Phi) is 8.22. The number of hydrogen-bond acceptors (Lipinski definition) is 5. The Labute approximate surface area is 188 Å². The number of aliphatic hydroxyl groups is 1. The monoisotopic (exact) mass is 435 g/mol. The van der Waals surface area contributed by atoms with Gasteiger partial charge in [-0.3, -0.25) is 9.59 Å². The van der Waals surface area contributed by atoms with E-state index in [0.29, 0.717) is 26.2 Å². The van der Waals surface area contributed by atoms with Crippen LogP contribution in [0.2, 0.25) is 0 Å². The number of nitrogens with zero attached hydrogens (tertiary/aromatic N) is 1. The van der Waals surface area contributed by atoms with Crippen LogP contribution in [0.5, 0.6) is 5.75 Å². The van der Waals surface area contributed by atoms with E-state index in [0.717, 1.165) is 23.3 Å². The van der Waals surface area contributed by atoms with Gasteiger partial charge in [-0.05, 0) is 42.2 Å². The highest BCUT2D eigenvalue weighted by molar-refractivity contribution is 6.14. The van der Waals surface area contributed by atoms with Crippen LogP contribution in [-0.4, -0.2) is 48.6 Å². The average molecular weight is 436 g/mol. The lowest BCUT2D eigenvalue weighted by molar-refractivity contribution is -0.129. The Morgan fingerprint density at radius 3 is 2.47 bits per heavy atom. The van der Waals surface area contributed by atoms with Gasteiger partial charge in [0.05, 0.1) is 18.2 Å². The first-order chi connectivity index (χ1) is 15.6. The Bertz CT molecular complexity index is 979. The molecule has 0 bridgehead atoms. The smallest absolute Gasteiger partial charge is 0.290 e. The van der Waals surface area contributed by atoms with Crippen LogP contribution in [0, 0.1) is 0 Å². The van der Waals surface area contributed by atoms with E-state index in [-0.39, 0.29) is 5.57 Å². The average Bonchev–Trinajstić information content (AvgIpc) is 3.07. The molecule has 2 aromatic rings. The van der Waals surface area contributed by atoms with Crippen LogP contribution in [0.15, 0.2) is 72.0 Å². The topological polar surface area (TPSA) is 76.1 Å². The summed E-state index contributed by atoms with van der Waals surface area (Å²) in [6.07, 6.45) is 4.57. The van der Waals surface area contributed by atoms with E-state index in [1.54, 1.807) is 13.2 Å². The molecule has 0 spiro atoms. The molecule has 1 aliphatic rings. The maximum Gasteiger partial charge on any atom is 0.290 e. The second-order valence-corrected chi connectivity index (χ2v) is 7.54. The van der Waals surface area contributed by atoms with Crippen molar-refractivity contribution < 1.29 is 24.2 Å². The van der Waals surface area contributed by atoms with Gasteiger partial charge in [0.15, 0.2) is 11.5 Å². The molecule has 1 N–H and O–H groups in total. The minimum atomic E-state index is -0.674. The zero-order valence-electron chi connectivity index (χ0n) is 18.5. The largest absolute Gasteiger partial charge is 0.503 e. The second kappa shape index (κ2) is 11.3. The first-order valence-corrected chi connectivity index (χ1v) is 10.8. The van der Waals surface area contributed by atoms with Crippen LogP contribution in [0.25, 0.3) is 6.08 Å². The molecule has 3 rings (SSSR count). The van der Waals surface area contributed by atoms with Gasteiger partial charge >= 0.3 is 0 Å². The molecule has 6 nitrogen and oxygen atoms in total. The van der Waals surface area contributed by atoms with Crippen LogP contribution < -0.4 is 4.74 Å². The van der Waals surface area contributed by atoms with Crippen molar-refractivity contribution in [1.82, 2.24) is 4.90 Å². The Morgan fingerprint density at radius 2 is 1.81 bits per heavy atom. The van der Waals surface area contributed by atoms with Gasteiger partial charge in [-0.15, -0.1) is 0 Å². The van der Waals surface area contributed by atoms with Crippen LogP contribution in [0.3, 0.4) is 0 Å². The molecule has 1 unspecified atom stereocenters. The predicted octanol–water partition coefficient (Wildman–Crippen LogP) is 4.49. The summed E-state index contributed by atoms with van der Waals surface area (Å²) >= 11 is 0. The van der Waals surface area contributed by atoms with Crippen LogP contribution in [-0.2, 0) is 14.3 Å². The number of rotatable bonds is 11. The summed E-state index contributed by atoms with van der Waals surface area (Å²) in [4.78, 5) is 27.5. The number of methoxy groups -OCH3 is 1. The van der Waals surface area contributed by atoms with Crippen molar-refractivity contribution in [3.05, 3.63) is 83.1 Å². The number of benzene rings is 2. The summed E-state index contributed by atoms with van der Waals surface area (Å²) in [5.41, 5.74) is 1.68. The molecule has 1 atom stereocenters. The van der Waals surface area contributed by atoms with Gasteiger partial charge in [0.2, 0.25) is 0 Å². The standard InChI is InChI=1S/C26H29NO5/c1-3-17-32-21-13-11-20(12-14-21)24-23(22(28)15-10-19-8-5-4-6-9-19)25(29)26(30)27(24)16-7-18-31-2/h4-6,8-15,24,29H,3,7,16-18H2,1-2H3. The third-order valence-corrected chi connectivity index (χ3v) is 5.21. The first kappa shape index (κ1) is 23.3. The fourth-order valence-corrected chi connectivity index (χ4v) is 3.65. The summed E-state index contributed by atoms with van der Waals surface area (Å²) < 4.78 is 10.8. The maximum absolute atomic E-state index is 13.1. The lowest BCUT2D eigenvalue weighted by atomic mass is 9.95. The summed E-state index contributed by atoms with van der Waals surface area (Å²) in [5.74, 6) is -0.725. The van der Waals surface area contributed by atoms with Crippen molar-refractivity contribution in [2.24, 2.45) is 0 Å². The SMILES string of the molecule is CCCOc1ccc(C2C(C(=O)C=Cc3ccccc3)=C(O)C(=O)N2CCCOC)cc1. The Morgan fingerprint density at radius 1 is 1.09 bits per heavy atom. The number of hydrogen-bond donors (Lipinski definition) is 1. The van der Waals surface area contributed by atoms with E-state index in [1.165, 1.54) is 11.0 Å². The quantitative estimate of drug-likeness (QED) is 0.416. The van der Waals surface area contributed by atoms with Gasteiger partial charge in [-0.25, -0.2) is 0 Å². The van der Waals surface area contributed by atoms with Crippen LogP contribution in [0.1, 0.15) is 36.9 Å². The number of allylic oxidation sites excluding steroid dienone is 1. The maximum atomic E-state index is 13.1. The van der Waals surface area contributed by atoms with Gasteiger partial charge in [-0.2, -0.15) is 0 Å². The van der Waals surface area contributed by atoms with Gasteiger partial charge in [0, 0.05) is 20.3 Å². The minimum absolute atomic E-state index is 0.0850. The number of carbonyl (C=O) groups is 2. The number of carbonyl (C=O) groups excluding carboxylic acids is 2. The van der Waals surface area contributed by atoms with E-state index in [1.807, 2.05) is 61.5 Å². The Hall–Kier alpha value is -3.38. The highest BCUT2D eigenvalue weighted by atomic mass is 16.5. The molecule has 0 fully saturated rings. The zero-order chi connectivity index (χ0) is 22.9. The van der Waals surface area contributed by atoms with E-state index in [2.05, 4.69) is 0 Å². The third kappa shape index (κ3) is 5.45. The lowest BCUT2D eigenvalue weighted by Crippen LogP contribution is -2.32. The number of ketones is 1. The number of aliphatic hydroxyl groups excluding tert-OH is 1. The molecule has 168 valence electrons. The van der Waals surface area contributed by atoms with Crippen molar-refractivity contribution in [3.8, 4) is 5.75 Å². The van der Waals surface area contributed by atoms with Gasteiger partial charge in [0.25, 0.3) is 5.91 Å². The number of amides is 1. The third-order valence-electron chi connectivity index (χ3n) is 5.21. The minimum Gasteiger partial charge on any atom is -0.503 e. The van der Waals surface area contributed by atoms with E-state index in [4.69, 9.17) is 9.47 Å². The number of ether oxygens (including phenoxy) is 2. The van der Waals surface area contributed by atoms with Crippen LogP contribution >= 0.6 is 0 Å². The molecule has 1 amide bonds. The molecule has 0 saturated heterocycles. The van der Waals surface area contributed by atoms with E-state index in [9.17, 15) is 14.7 Å². The molecular formula is C26H29NO5. The molecule has 1 heterocycles. The fourth-order valence-electron chi connectivity index (χ4n) is 3.65. The molecule has 32 heavy (non-hydrogen) atoms. The normalized spacial score (nSPS) is 16.2. The fraction of sp³-hybridized carbons (Fsp3) is 0.308. The molecule has 0 radical (unpaired) electrons. The zero-order valence-corrected chi connectivity index (χ0v) is 18.5. The second-order valence-electron chi connectivity index (χ2n) is 7.54. The highest BCUT2D eigenvalue weighted by Crippen LogP contribution is 2.38. The molecule has 0 aromatic heterocycles. The molecule has 2 aromatic carbocycles. The van der Waals surface area contributed by atoms with Crippen molar-refractivity contribution in [1.29, 1.82) is 0 Å². The molecule has 0 saturated carbocycles. The van der Waals surface area contributed by atoms with Gasteiger partial charge in [0.1, 0.15) is 5.75 Å². The van der Waals surface area contributed by atoms with Crippen molar-refractivity contribution >= 4 is 17.8 Å². The van der Waals surface area contributed by atoms with Crippen molar-refractivity contribution in [3.63, 3.8) is 0 Å². The van der Waals surface area contributed by atoms with Gasteiger partial charge < -0.3 is 19.5 Å². The summed E-state index contributed by atoms with van der Waals surface area (Å²) in [6.45, 7) is 3.47. The lowest BCUT2D eigenvalue weighted by Gasteiger charge is -2.26. The van der Waals surface area contributed by atoms with E-state index >= 15 is 0 Å². The molecular weight excluding hydrogens is 406 g/mol. The van der Waals surface area contributed by atoms with Gasteiger partial charge in [-0.1, -0.05) is 55.5 Å². The molecule has 0 aliphatic carbocycles. The predicted molar refractivity (Wildman–Crippen MR) is 123 cm³/mol. The summed E-state index contributed by atoms with van der Waals surface area (Å²) in [6, 6.07) is 16.0. The van der Waals surface area contributed by atoms with Crippen LogP contribution in [0.4, 0.5) is 0 Å². The molecule has 6 heteroatoms. The van der Waals surface area contributed by atoms with Crippen molar-refractivity contribution in [2.45, 2.75) is 25.8 Å². The van der Waals surface area contributed by atoms with E-state index < -0.39 is 23.5 Å². The van der Waals surface area contributed by atoms with Crippen molar-refractivity contribution in [2.75, 3.05) is 26.9 Å². The summed E-state index contributed by atoms with van der Waals surface area (Å²) in [5, 5.41) is 10.6. The first-order valence-electron chi connectivity index (χ1n) is 10.8. The molecule has 1 aliphatic heterocycles. The summed E-state index contributed by atoms with van der Waals surface area (Å²) in [7, 11) is 1.59. The Balaban J connectivity index is 1.91. The highest BCUT2D eigenvalue weighted by Gasteiger charge is 2.42.